The van der Waals surface area contributed by atoms with Crippen LogP contribution in [0.5, 0.6) is 5.75 Å². The van der Waals surface area contributed by atoms with E-state index in [0.717, 1.165) is 9.35 Å². The van der Waals surface area contributed by atoms with Gasteiger partial charge in [-0.15, -0.1) is 11.3 Å². The molecule has 0 unspecified atom stereocenters. The van der Waals surface area contributed by atoms with E-state index in [0.29, 0.717) is 23.6 Å². The maximum Gasteiger partial charge on any atom is 0.337 e. The highest BCUT2D eigenvalue weighted by atomic mass is 79.9. The van der Waals surface area contributed by atoms with Gasteiger partial charge in [-0.2, -0.15) is 0 Å². The van der Waals surface area contributed by atoms with Gasteiger partial charge in [-0.3, -0.25) is 0 Å². The zero-order chi connectivity index (χ0) is 13.8. The summed E-state index contributed by atoms with van der Waals surface area (Å²) in [6, 6.07) is 6.78. The van der Waals surface area contributed by atoms with E-state index in [1.165, 1.54) is 7.11 Å². The summed E-state index contributed by atoms with van der Waals surface area (Å²) in [4.78, 5) is 12.5. The van der Waals surface area contributed by atoms with E-state index in [-0.39, 0.29) is 0 Å². The molecule has 6 heteroatoms. The predicted octanol–water partition coefficient (Wildman–Crippen LogP) is 3.46. The Labute approximate surface area is 123 Å². The van der Waals surface area contributed by atoms with E-state index in [9.17, 15) is 4.79 Å². The van der Waals surface area contributed by atoms with Gasteiger partial charge in [0.1, 0.15) is 12.4 Å². The number of hydrogen-bond acceptors (Lipinski definition) is 5. The molecule has 0 amide bonds. The number of nitrogens with two attached hydrogens (primary N) is 1. The fraction of sp³-hybridized carbons (Fsp3) is 0.154. The lowest BCUT2D eigenvalue weighted by molar-refractivity contribution is 0.0600. The molecule has 0 spiro atoms. The maximum atomic E-state index is 11.4. The van der Waals surface area contributed by atoms with Crippen molar-refractivity contribution in [2.45, 2.75) is 6.61 Å². The fourth-order valence-electron chi connectivity index (χ4n) is 1.48. The monoisotopic (exact) mass is 341 g/mol. The number of halogens is 1. The Bertz CT molecular complexity index is 597. The number of rotatable bonds is 4. The van der Waals surface area contributed by atoms with Crippen molar-refractivity contribution in [3.8, 4) is 5.75 Å². The van der Waals surface area contributed by atoms with Crippen molar-refractivity contribution >= 4 is 38.9 Å². The average molecular weight is 342 g/mol. The number of nitrogen functional groups attached to an aromatic ring is 1. The van der Waals surface area contributed by atoms with Crippen LogP contribution in [0.4, 0.5) is 5.69 Å². The summed E-state index contributed by atoms with van der Waals surface area (Å²) < 4.78 is 11.3. The van der Waals surface area contributed by atoms with Crippen molar-refractivity contribution in [2.75, 3.05) is 12.8 Å². The smallest absolute Gasteiger partial charge is 0.337 e. The molecule has 0 saturated heterocycles. The number of anilines is 1. The lowest BCUT2D eigenvalue weighted by Crippen LogP contribution is -2.04. The number of carbonyl (C=O) groups excluding carboxylic acids is 1. The summed E-state index contributed by atoms with van der Waals surface area (Å²) in [5, 5.41) is 1.97. The van der Waals surface area contributed by atoms with Crippen LogP contribution in [0.2, 0.25) is 0 Å². The van der Waals surface area contributed by atoms with E-state index in [1.807, 2.05) is 11.4 Å². The lowest BCUT2D eigenvalue weighted by atomic mass is 10.2. The lowest BCUT2D eigenvalue weighted by Gasteiger charge is -2.09. The Morgan fingerprint density at radius 2 is 2.21 bits per heavy atom. The SMILES string of the molecule is COC(=O)c1ccc(N)c(OCc2sccc2Br)c1. The average Bonchev–Trinajstić information content (AvgIpc) is 2.82. The summed E-state index contributed by atoms with van der Waals surface area (Å²) in [7, 11) is 1.34. The molecule has 100 valence electrons. The quantitative estimate of drug-likeness (QED) is 0.683. The van der Waals surface area contributed by atoms with Gasteiger partial charge >= 0.3 is 5.97 Å². The largest absolute Gasteiger partial charge is 0.486 e. The molecule has 19 heavy (non-hydrogen) atoms. The van der Waals surface area contributed by atoms with Crippen LogP contribution in [-0.2, 0) is 11.3 Å². The predicted molar refractivity (Wildman–Crippen MR) is 78.5 cm³/mol. The van der Waals surface area contributed by atoms with Gasteiger partial charge in [0.2, 0.25) is 0 Å². The Morgan fingerprint density at radius 3 is 2.84 bits per heavy atom. The molecular weight excluding hydrogens is 330 g/mol. The number of thiophene rings is 1. The standard InChI is InChI=1S/C13H12BrNO3S/c1-17-13(16)8-2-3-10(15)11(6-8)18-7-12-9(14)4-5-19-12/h2-6H,7,15H2,1H3. The van der Waals surface area contributed by atoms with Crippen LogP contribution in [0.25, 0.3) is 0 Å². The van der Waals surface area contributed by atoms with E-state index in [4.69, 9.17) is 10.5 Å². The molecule has 1 heterocycles. The normalized spacial score (nSPS) is 10.2. The van der Waals surface area contributed by atoms with E-state index in [1.54, 1.807) is 29.5 Å². The molecule has 2 aromatic rings. The molecule has 0 aliphatic carbocycles. The topological polar surface area (TPSA) is 61.5 Å². The second-order valence-corrected chi connectivity index (χ2v) is 5.58. The molecule has 1 aromatic carbocycles. The number of esters is 1. The van der Waals surface area contributed by atoms with Gasteiger partial charge in [-0.1, -0.05) is 0 Å². The van der Waals surface area contributed by atoms with Crippen molar-refractivity contribution in [1.29, 1.82) is 0 Å². The minimum Gasteiger partial charge on any atom is -0.486 e. The first-order chi connectivity index (χ1) is 9.11. The molecule has 0 bridgehead atoms. The first-order valence-electron chi connectivity index (χ1n) is 5.44. The number of methoxy groups -OCH3 is 1. The van der Waals surface area contributed by atoms with Crippen LogP contribution in [0, 0.1) is 0 Å². The van der Waals surface area contributed by atoms with Gasteiger partial charge in [0.15, 0.2) is 0 Å². The van der Waals surface area contributed by atoms with Crippen LogP contribution in [-0.4, -0.2) is 13.1 Å². The van der Waals surface area contributed by atoms with Crippen molar-refractivity contribution in [1.82, 2.24) is 0 Å². The number of hydrogen-bond donors (Lipinski definition) is 1. The van der Waals surface area contributed by atoms with Crippen LogP contribution in [0.3, 0.4) is 0 Å². The van der Waals surface area contributed by atoms with Crippen molar-refractivity contribution < 1.29 is 14.3 Å². The van der Waals surface area contributed by atoms with Crippen LogP contribution in [0.15, 0.2) is 34.1 Å². The molecule has 0 aliphatic heterocycles. The Balaban J connectivity index is 2.15. The molecule has 0 atom stereocenters. The number of carbonyl (C=O) groups is 1. The number of benzene rings is 1. The summed E-state index contributed by atoms with van der Waals surface area (Å²) in [5.41, 5.74) is 6.72. The van der Waals surface area contributed by atoms with Gasteiger partial charge in [0, 0.05) is 4.47 Å². The van der Waals surface area contributed by atoms with Gasteiger partial charge in [-0.25, -0.2) is 4.79 Å². The summed E-state index contributed by atoms with van der Waals surface area (Å²) in [6.07, 6.45) is 0. The minimum atomic E-state index is -0.415. The molecule has 0 fully saturated rings. The molecule has 4 nitrogen and oxygen atoms in total. The molecular formula is C13H12BrNO3S. The van der Waals surface area contributed by atoms with Crippen molar-refractivity contribution in [3.05, 3.63) is 44.6 Å². The van der Waals surface area contributed by atoms with E-state index in [2.05, 4.69) is 20.7 Å². The third-order valence-electron chi connectivity index (χ3n) is 2.48. The first kappa shape index (κ1) is 13.9. The van der Waals surface area contributed by atoms with Crippen LogP contribution in [0.1, 0.15) is 15.2 Å². The van der Waals surface area contributed by atoms with Crippen molar-refractivity contribution in [2.24, 2.45) is 0 Å². The highest BCUT2D eigenvalue weighted by molar-refractivity contribution is 9.10. The third-order valence-corrected chi connectivity index (χ3v) is 4.38. The second kappa shape index (κ2) is 6.08. The van der Waals surface area contributed by atoms with Crippen LogP contribution >= 0.6 is 27.3 Å². The first-order valence-corrected chi connectivity index (χ1v) is 7.11. The zero-order valence-electron chi connectivity index (χ0n) is 10.2. The minimum absolute atomic E-state index is 0.396. The van der Waals surface area contributed by atoms with Crippen LogP contribution < -0.4 is 10.5 Å². The molecule has 1 aromatic heterocycles. The van der Waals surface area contributed by atoms with E-state index < -0.39 is 5.97 Å². The molecule has 0 saturated carbocycles. The molecule has 0 radical (unpaired) electrons. The Hall–Kier alpha value is -1.53. The van der Waals surface area contributed by atoms with Crippen molar-refractivity contribution in [3.63, 3.8) is 0 Å². The van der Waals surface area contributed by atoms with Gasteiger partial charge < -0.3 is 15.2 Å². The molecule has 2 N–H and O–H groups in total. The molecule has 2 rings (SSSR count). The highest BCUT2D eigenvalue weighted by Gasteiger charge is 2.10. The molecule has 0 aliphatic rings. The zero-order valence-corrected chi connectivity index (χ0v) is 12.6. The summed E-state index contributed by atoms with van der Waals surface area (Å²) in [5.74, 6) is 0.0605. The summed E-state index contributed by atoms with van der Waals surface area (Å²) in [6.45, 7) is 0.396. The highest BCUT2D eigenvalue weighted by Crippen LogP contribution is 2.27. The third kappa shape index (κ3) is 3.27. The van der Waals surface area contributed by atoms with Gasteiger partial charge in [-0.05, 0) is 45.6 Å². The number of ether oxygens (including phenoxy) is 2. The van der Waals surface area contributed by atoms with Gasteiger partial charge in [0.05, 0.1) is 23.2 Å². The maximum absolute atomic E-state index is 11.4. The van der Waals surface area contributed by atoms with E-state index >= 15 is 0 Å². The fourth-order valence-corrected chi connectivity index (χ4v) is 2.85. The van der Waals surface area contributed by atoms with Gasteiger partial charge in [0.25, 0.3) is 0 Å². The second-order valence-electron chi connectivity index (χ2n) is 3.72. The summed E-state index contributed by atoms with van der Waals surface area (Å²) >= 11 is 5.02. The Kier molecular flexibility index (Phi) is 4.44. The Morgan fingerprint density at radius 1 is 1.42 bits per heavy atom.